The Hall–Kier alpha value is -2.28. The van der Waals surface area contributed by atoms with E-state index in [1.165, 1.54) is 0 Å². The minimum atomic E-state index is -0.351. The number of aromatic nitrogens is 2. The van der Waals surface area contributed by atoms with E-state index in [1.54, 1.807) is 25.9 Å². The first kappa shape index (κ1) is 15.1. The van der Waals surface area contributed by atoms with Crippen molar-refractivity contribution in [2.45, 2.75) is 13.0 Å². The second-order valence-corrected chi connectivity index (χ2v) is 4.60. The fourth-order valence-corrected chi connectivity index (χ4v) is 2.03. The molecule has 0 aliphatic carbocycles. The highest BCUT2D eigenvalue weighted by atomic mass is 16.5. The Labute approximate surface area is 122 Å². The molecular formula is C14H20N3O4+. The molecule has 114 valence electrons. The summed E-state index contributed by atoms with van der Waals surface area (Å²) in [5, 5.41) is 5.69. The molecular weight excluding hydrogens is 274 g/mol. The smallest absolute Gasteiger partial charge is 0.431 e. The molecule has 0 radical (unpaired) electrons. The highest BCUT2D eigenvalue weighted by Gasteiger charge is 2.15. The molecule has 2 N–H and O–H groups in total. The third-order valence-electron chi connectivity index (χ3n) is 3.25. The fraction of sp³-hybridized carbons (Fsp3) is 0.429. The van der Waals surface area contributed by atoms with Crippen molar-refractivity contribution >= 4 is 0 Å². The Bertz CT molecular complexity index is 648. The van der Waals surface area contributed by atoms with Gasteiger partial charge in [-0.1, -0.05) is 10.7 Å². The molecule has 0 spiro atoms. The molecule has 0 aliphatic rings. The molecule has 0 fully saturated rings. The first-order chi connectivity index (χ1) is 10.2. The summed E-state index contributed by atoms with van der Waals surface area (Å²) < 4.78 is 16.7. The lowest BCUT2D eigenvalue weighted by atomic mass is 10.1. The third kappa shape index (κ3) is 3.63. The number of ether oxygens (including phenoxy) is 2. The number of rotatable bonds is 7. The number of nitrogens with zero attached hydrogens (tertiary/aromatic N) is 1. The lowest BCUT2D eigenvalue weighted by Gasteiger charge is -2.09. The van der Waals surface area contributed by atoms with Crippen LogP contribution in [0, 0.1) is 0 Å². The number of hydrogen-bond acceptors (Lipinski definition) is 5. The zero-order chi connectivity index (χ0) is 15.2. The Morgan fingerprint density at radius 2 is 2.05 bits per heavy atom. The predicted octanol–water partition coefficient (Wildman–Crippen LogP) is 0.142. The fourth-order valence-electron chi connectivity index (χ4n) is 2.03. The Morgan fingerprint density at radius 1 is 1.29 bits per heavy atom. The summed E-state index contributed by atoms with van der Waals surface area (Å²) in [6, 6.07) is 5.83. The van der Waals surface area contributed by atoms with Gasteiger partial charge in [0, 0.05) is 0 Å². The van der Waals surface area contributed by atoms with Gasteiger partial charge in [-0.05, 0) is 35.9 Å². The summed E-state index contributed by atoms with van der Waals surface area (Å²) in [7, 11) is 4.96. The van der Waals surface area contributed by atoms with Crippen LogP contribution in [0.1, 0.15) is 11.3 Å². The van der Waals surface area contributed by atoms with Gasteiger partial charge < -0.3 is 14.8 Å². The van der Waals surface area contributed by atoms with Crippen molar-refractivity contribution in [3.05, 3.63) is 39.9 Å². The largest absolute Gasteiger partial charge is 0.493 e. The van der Waals surface area contributed by atoms with Crippen molar-refractivity contribution in [2.24, 2.45) is 7.05 Å². The standard InChI is InChI=1S/C14H19N3O4/c1-17-11(14(18)21-16-17)9-15-7-6-10-4-5-12(19-2)13(8-10)20-3/h4-5,8,15H,6-7,9H2,1-3H3/p+1. The number of benzene rings is 1. The number of H-pyrrole nitrogens is 1. The lowest BCUT2D eigenvalue weighted by molar-refractivity contribution is -0.746. The van der Waals surface area contributed by atoms with Gasteiger partial charge in [-0.25, -0.2) is 4.79 Å². The van der Waals surface area contributed by atoms with E-state index in [0.29, 0.717) is 23.7 Å². The average Bonchev–Trinajstić information content (AvgIpc) is 2.82. The maximum Gasteiger partial charge on any atom is 0.431 e. The minimum absolute atomic E-state index is 0.351. The van der Waals surface area contributed by atoms with Crippen LogP contribution in [-0.2, 0) is 20.0 Å². The van der Waals surface area contributed by atoms with Gasteiger partial charge in [0.1, 0.15) is 0 Å². The Morgan fingerprint density at radius 3 is 2.67 bits per heavy atom. The molecule has 0 aliphatic heterocycles. The first-order valence-electron chi connectivity index (χ1n) is 6.63. The lowest BCUT2D eigenvalue weighted by Crippen LogP contribution is -2.39. The van der Waals surface area contributed by atoms with Crippen LogP contribution in [0.2, 0.25) is 0 Å². The van der Waals surface area contributed by atoms with E-state index in [2.05, 4.69) is 15.1 Å². The van der Waals surface area contributed by atoms with Crippen LogP contribution in [0.25, 0.3) is 0 Å². The normalized spacial score (nSPS) is 10.6. The zero-order valence-corrected chi connectivity index (χ0v) is 12.4. The van der Waals surface area contributed by atoms with Gasteiger partial charge in [0.15, 0.2) is 18.5 Å². The topological polar surface area (TPSA) is 80.4 Å². The predicted molar refractivity (Wildman–Crippen MR) is 75.5 cm³/mol. The molecule has 21 heavy (non-hydrogen) atoms. The second kappa shape index (κ2) is 6.94. The van der Waals surface area contributed by atoms with E-state index in [1.807, 2.05) is 18.2 Å². The number of aryl methyl sites for hydroxylation is 1. The summed E-state index contributed by atoms with van der Waals surface area (Å²) >= 11 is 0. The first-order valence-corrected chi connectivity index (χ1v) is 6.63. The molecule has 0 amide bonds. The van der Waals surface area contributed by atoms with Crippen LogP contribution in [0.5, 0.6) is 11.5 Å². The van der Waals surface area contributed by atoms with Gasteiger partial charge in [-0.2, -0.15) is 0 Å². The van der Waals surface area contributed by atoms with Crippen molar-refractivity contribution in [3.8, 4) is 11.5 Å². The minimum Gasteiger partial charge on any atom is -0.493 e. The molecule has 2 rings (SSSR count). The molecule has 1 aromatic carbocycles. The molecule has 0 unspecified atom stereocenters. The Balaban J connectivity index is 1.88. The van der Waals surface area contributed by atoms with E-state index < -0.39 is 0 Å². The molecule has 0 saturated heterocycles. The summed E-state index contributed by atoms with van der Waals surface area (Å²) in [5.41, 5.74) is 1.34. The number of nitrogens with one attached hydrogen (secondary N) is 2. The van der Waals surface area contributed by atoms with E-state index in [-0.39, 0.29) is 5.63 Å². The van der Waals surface area contributed by atoms with Crippen LogP contribution in [0.15, 0.2) is 27.5 Å². The van der Waals surface area contributed by atoms with Crippen molar-refractivity contribution < 1.29 is 18.7 Å². The maximum atomic E-state index is 11.4. The highest BCUT2D eigenvalue weighted by Crippen LogP contribution is 2.27. The van der Waals surface area contributed by atoms with Crippen molar-refractivity contribution in [3.63, 3.8) is 0 Å². The molecule has 2 aromatic rings. The Kier molecular flexibility index (Phi) is 4.99. The highest BCUT2D eigenvalue weighted by molar-refractivity contribution is 5.42. The summed E-state index contributed by atoms with van der Waals surface area (Å²) in [5.74, 6) is 1.43. The van der Waals surface area contributed by atoms with Gasteiger partial charge >= 0.3 is 11.3 Å². The van der Waals surface area contributed by atoms with E-state index in [4.69, 9.17) is 9.47 Å². The molecule has 0 bridgehead atoms. The molecule has 7 nitrogen and oxygen atoms in total. The number of hydrogen-bond donors (Lipinski definition) is 2. The van der Waals surface area contributed by atoms with Crippen molar-refractivity contribution in [2.75, 3.05) is 20.8 Å². The van der Waals surface area contributed by atoms with E-state index >= 15 is 0 Å². The molecule has 0 atom stereocenters. The molecule has 0 saturated carbocycles. The number of aromatic amines is 1. The number of methoxy groups -OCH3 is 2. The zero-order valence-electron chi connectivity index (χ0n) is 12.4. The second-order valence-electron chi connectivity index (χ2n) is 4.60. The molecule has 1 aromatic heterocycles. The van der Waals surface area contributed by atoms with Crippen LogP contribution >= 0.6 is 0 Å². The summed E-state index contributed by atoms with van der Waals surface area (Å²) in [6.45, 7) is 1.19. The van der Waals surface area contributed by atoms with Crippen LogP contribution in [-0.4, -0.2) is 26.0 Å². The maximum absolute atomic E-state index is 11.4. The molecule has 1 heterocycles. The monoisotopic (exact) mass is 294 g/mol. The van der Waals surface area contributed by atoms with Crippen LogP contribution in [0.3, 0.4) is 0 Å². The average molecular weight is 294 g/mol. The summed E-state index contributed by atoms with van der Waals surface area (Å²) in [6.07, 6.45) is 0.819. The van der Waals surface area contributed by atoms with Gasteiger partial charge in [-0.3, -0.25) is 4.52 Å². The van der Waals surface area contributed by atoms with Crippen molar-refractivity contribution in [1.29, 1.82) is 0 Å². The van der Waals surface area contributed by atoms with Gasteiger partial charge in [0.2, 0.25) is 0 Å². The third-order valence-corrected chi connectivity index (χ3v) is 3.25. The van der Waals surface area contributed by atoms with Gasteiger partial charge in [0.05, 0.1) is 20.8 Å². The summed E-state index contributed by atoms with van der Waals surface area (Å²) in [4.78, 5) is 11.4. The van der Waals surface area contributed by atoms with Crippen LogP contribution < -0.4 is 25.1 Å². The van der Waals surface area contributed by atoms with E-state index in [9.17, 15) is 4.79 Å². The van der Waals surface area contributed by atoms with Crippen molar-refractivity contribution in [1.82, 2.24) is 10.6 Å². The van der Waals surface area contributed by atoms with Crippen LogP contribution in [0.4, 0.5) is 0 Å². The SMILES string of the molecule is COc1ccc(CCNCc2c(=O)o[nH][n+]2C)cc1OC. The molecule has 7 heteroatoms. The van der Waals surface area contributed by atoms with Gasteiger partial charge in [0.25, 0.3) is 0 Å². The van der Waals surface area contributed by atoms with E-state index in [0.717, 1.165) is 18.5 Å². The quantitative estimate of drug-likeness (QED) is 0.561. The van der Waals surface area contributed by atoms with Gasteiger partial charge in [-0.15, -0.1) is 0 Å².